The largest absolute Gasteiger partial charge is 0.494 e. The fraction of sp³-hybridized carbons (Fsp3) is 0.469. The minimum atomic E-state index is -0.0204. The molecule has 0 radical (unpaired) electrons. The molecule has 1 aromatic heterocycles. The third kappa shape index (κ3) is 5.72. The van der Waals surface area contributed by atoms with E-state index in [1.54, 1.807) is 18.2 Å². The second-order valence-corrected chi connectivity index (χ2v) is 10.9. The summed E-state index contributed by atoms with van der Waals surface area (Å²) in [5, 5.41) is 3.39. The Morgan fingerprint density at radius 1 is 1.10 bits per heavy atom. The number of carbonyl (C=O) groups excluding carboxylic acids is 1. The van der Waals surface area contributed by atoms with E-state index in [2.05, 4.69) is 53.3 Å². The number of aromatic nitrogens is 2. The first kappa shape index (κ1) is 27.0. The predicted molar refractivity (Wildman–Crippen MR) is 159 cm³/mol. The molecule has 2 aliphatic rings. The average molecular weight is 528 g/mol. The molecule has 0 aliphatic carbocycles. The van der Waals surface area contributed by atoms with Crippen molar-refractivity contribution < 1.29 is 9.53 Å². The fourth-order valence-electron chi connectivity index (χ4n) is 6.12. The molecule has 206 valence electrons. The molecule has 1 amide bonds. The number of benzene rings is 2. The lowest BCUT2D eigenvalue weighted by Gasteiger charge is -2.28. The van der Waals surface area contributed by atoms with Gasteiger partial charge in [0.2, 0.25) is 5.95 Å². The Hall–Kier alpha value is -3.61. The SMILES string of the molecule is CCCC1Cc2nc(Nc3ccc(N4CCCC(CC)CC4)cc3OC)ncc2N(C)C(=O)c2ccccc21. The Labute approximate surface area is 232 Å². The van der Waals surface area contributed by atoms with Crippen LogP contribution in [0.5, 0.6) is 5.75 Å². The van der Waals surface area contributed by atoms with Gasteiger partial charge in [-0.25, -0.2) is 9.97 Å². The van der Waals surface area contributed by atoms with Gasteiger partial charge in [0.05, 0.1) is 30.4 Å². The van der Waals surface area contributed by atoms with Crippen LogP contribution < -0.4 is 19.9 Å². The van der Waals surface area contributed by atoms with Crippen molar-refractivity contribution in [2.45, 2.75) is 64.7 Å². The van der Waals surface area contributed by atoms with Crippen molar-refractivity contribution in [3.05, 3.63) is 65.5 Å². The molecule has 7 heteroatoms. The van der Waals surface area contributed by atoms with Gasteiger partial charge in [-0.3, -0.25) is 4.79 Å². The van der Waals surface area contributed by atoms with E-state index in [1.165, 1.54) is 31.4 Å². The first-order valence-corrected chi connectivity index (χ1v) is 14.4. The standard InChI is InChI=1S/C32H41N5O2/c1-5-10-23-19-28-29(36(3)31(38)26-13-8-7-12-25(23)26)21-33-32(35-28)34-27-15-14-24(20-30(27)39-4)37-17-9-11-22(6-2)16-18-37/h7-8,12-15,20-23H,5-6,9-11,16-19H2,1-4H3,(H,33,34,35). The molecule has 1 fully saturated rings. The molecule has 39 heavy (non-hydrogen) atoms. The number of methoxy groups -OCH3 is 1. The average Bonchev–Trinajstić information content (AvgIpc) is 3.22. The van der Waals surface area contributed by atoms with E-state index in [1.807, 2.05) is 25.2 Å². The van der Waals surface area contributed by atoms with Crippen molar-refractivity contribution in [3.8, 4) is 5.75 Å². The summed E-state index contributed by atoms with van der Waals surface area (Å²) < 4.78 is 5.79. The zero-order valence-electron chi connectivity index (χ0n) is 23.7. The van der Waals surface area contributed by atoms with Crippen LogP contribution in [0, 0.1) is 5.92 Å². The summed E-state index contributed by atoms with van der Waals surface area (Å²) in [4.78, 5) is 27.1. The van der Waals surface area contributed by atoms with E-state index in [9.17, 15) is 4.79 Å². The summed E-state index contributed by atoms with van der Waals surface area (Å²) in [5.41, 5.74) is 5.52. The number of rotatable bonds is 7. The third-order valence-electron chi connectivity index (χ3n) is 8.44. The summed E-state index contributed by atoms with van der Waals surface area (Å²) in [6.45, 7) is 6.65. The molecule has 3 aromatic rings. The zero-order chi connectivity index (χ0) is 27.4. The van der Waals surface area contributed by atoms with E-state index in [-0.39, 0.29) is 11.8 Å². The number of anilines is 4. The van der Waals surface area contributed by atoms with Crippen LogP contribution in [-0.2, 0) is 6.42 Å². The highest BCUT2D eigenvalue weighted by Gasteiger charge is 2.28. The maximum absolute atomic E-state index is 13.4. The lowest BCUT2D eigenvalue weighted by atomic mass is 9.85. The second-order valence-electron chi connectivity index (χ2n) is 10.9. The summed E-state index contributed by atoms with van der Waals surface area (Å²) in [7, 11) is 3.51. The normalized spacial score (nSPS) is 19.4. The summed E-state index contributed by atoms with van der Waals surface area (Å²) in [6, 6.07) is 14.3. The number of carbonyl (C=O) groups is 1. The van der Waals surface area contributed by atoms with Crippen LogP contribution in [0.1, 0.15) is 79.9 Å². The number of hydrogen-bond donors (Lipinski definition) is 1. The van der Waals surface area contributed by atoms with E-state index in [4.69, 9.17) is 9.72 Å². The van der Waals surface area contributed by atoms with Crippen LogP contribution in [0.4, 0.5) is 23.0 Å². The quantitative estimate of drug-likeness (QED) is 0.358. The predicted octanol–water partition coefficient (Wildman–Crippen LogP) is 6.96. The Kier molecular flexibility index (Phi) is 8.34. The lowest BCUT2D eigenvalue weighted by molar-refractivity contribution is 0.0990. The maximum atomic E-state index is 13.4. The molecule has 0 saturated carbocycles. The monoisotopic (exact) mass is 527 g/mol. The number of nitrogens with zero attached hydrogens (tertiary/aromatic N) is 4. The van der Waals surface area contributed by atoms with E-state index in [0.29, 0.717) is 5.95 Å². The zero-order valence-corrected chi connectivity index (χ0v) is 23.7. The molecule has 0 bridgehead atoms. The second kappa shape index (κ2) is 12.1. The first-order chi connectivity index (χ1) is 19.0. The number of hydrogen-bond acceptors (Lipinski definition) is 6. The lowest BCUT2D eigenvalue weighted by Crippen LogP contribution is -2.31. The van der Waals surface area contributed by atoms with Crippen molar-refractivity contribution >= 4 is 28.9 Å². The van der Waals surface area contributed by atoms with Gasteiger partial charge in [-0.2, -0.15) is 0 Å². The van der Waals surface area contributed by atoms with Crippen LogP contribution in [-0.4, -0.2) is 43.1 Å². The molecule has 2 unspecified atom stereocenters. The molecule has 1 saturated heterocycles. The van der Waals surface area contributed by atoms with Gasteiger partial charge < -0.3 is 19.9 Å². The number of ether oxygens (including phenoxy) is 1. The smallest absolute Gasteiger partial charge is 0.258 e. The van der Waals surface area contributed by atoms with Gasteiger partial charge in [0.1, 0.15) is 5.75 Å². The highest BCUT2D eigenvalue weighted by molar-refractivity contribution is 6.07. The minimum Gasteiger partial charge on any atom is -0.494 e. The van der Waals surface area contributed by atoms with Gasteiger partial charge in [-0.1, -0.05) is 44.9 Å². The topological polar surface area (TPSA) is 70.6 Å². The van der Waals surface area contributed by atoms with E-state index >= 15 is 0 Å². The molecular weight excluding hydrogens is 486 g/mol. The molecule has 2 aromatic carbocycles. The highest BCUT2D eigenvalue weighted by atomic mass is 16.5. The van der Waals surface area contributed by atoms with E-state index in [0.717, 1.165) is 72.2 Å². The molecule has 2 aliphatic heterocycles. The van der Waals surface area contributed by atoms with Gasteiger partial charge in [0.25, 0.3) is 5.91 Å². The van der Waals surface area contributed by atoms with Crippen molar-refractivity contribution in [1.82, 2.24) is 9.97 Å². The fourth-order valence-corrected chi connectivity index (χ4v) is 6.12. The van der Waals surface area contributed by atoms with Gasteiger partial charge in [-0.05, 0) is 67.7 Å². The van der Waals surface area contributed by atoms with Gasteiger partial charge in [0.15, 0.2) is 0 Å². The molecule has 5 rings (SSSR count). The molecule has 2 atom stereocenters. The third-order valence-corrected chi connectivity index (χ3v) is 8.44. The highest BCUT2D eigenvalue weighted by Crippen LogP contribution is 2.37. The first-order valence-electron chi connectivity index (χ1n) is 14.4. The Morgan fingerprint density at radius 2 is 1.95 bits per heavy atom. The summed E-state index contributed by atoms with van der Waals surface area (Å²) >= 11 is 0. The minimum absolute atomic E-state index is 0.0204. The van der Waals surface area contributed by atoms with Crippen molar-refractivity contribution in [2.24, 2.45) is 5.92 Å². The molecule has 0 spiro atoms. The molecule has 7 nitrogen and oxygen atoms in total. The number of nitrogens with one attached hydrogen (secondary N) is 1. The van der Waals surface area contributed by atoms with Gasteiger partial charge in [-0.15, -0.1) is 0 Å². The molecular formula is C32H41N5O2. The van der Waals surface area contributed by atoms with Crippen LogP contribution in [0.3, 0.4) is 0 Å². The van der Waals surface area contributed by atoms with Crippen molar-refractivity contribution in [1.29, 1.82) is 0 Å². The summed E-state index contributed by atoms with van der Waals surface area (Å²) in [5.74, 6) is 2.30. The van der Waals surface area contributed by atoms with Crippen LogP contribution in [0.15, 0.2) is 48.7 Å². The Balaban J connectivity index is 1.41. The number of fused-ring (bicyclic) bond motifs is 2. The Bertz CT molecular complexity index is 1310. The van der Waals surface area contributed by atoms with E-state index < -0.39 is 0 Å². The Morgan fingerprint density at radius 3 is 2.74 bits per heavy atom. The van der Waals surface area contributed by atoms with Gasteiger partial charge in [0, 0.05) is 37.5 Å². The summed E-state index contributed by atoms with van der Waals surface area (Å²) in [6.07, 6.45) is 9.58. The van der Waals surface area contributed by atoms with Crippen LogP contribution in [0.25, 0.3) is 0 Å². The van der Waals surface area contributed by atoms with Crippen molar-refractivity contribution in [2.75, 3.05) is 42.4 Å². The number of amides is 1. The van der Waals surface area contributed by atoms with Crippen molar-refractivity contribution in [3.63, 3.8) is 0 Å². The maximum Gasteiger partial charge on any atom is 0.258 e. The molecule has 3 heterocycles. The molecule has 1 N–H and O–H groups in total. The van der Waals surface area contributed by atoms with Gasteiger partial charge >= 0.3 is 0 Å². The van der Waals surface area contributed by atoms with Crippen LogP contribution in [0.2, 0.25) is 0 Å². The van der Waals surface area contributed by atoms with Crippen LogP contribution >= 0.6 is 0 Å².